The van der Waals surface area contributed by atoms with E-state index < -0.39 is 0 Å². The van der Waals surface area contributed by atoms with Gasteiger partial charge in [0.1, 0.15) is 12.4 Å². The van der Waals surface area contributed by atoms with Crippen molar-refractivity contribution in [3.63, 3.8) is 0 Å². The Hall–Kier alpha value is -1.37. The summed E-state index contributed by atoms with van der Waals surface area (Å²) in [6.45, 7) is 6.18. The topological polar surface area (TPSA) is 23.5 Å². The molecule has 1 aliphatic heterocycles. The van der Waals surface area contributed by atoms with E-state index in [-0.39, 0.29) is 12.4 Å². The number of halogens is 1. The highest BCUT2D eigenvalue weighted by molar-refractivity contribution is 5.38. The summed E-state index contributed by atoms with van der Waals surface area (Å²) in [4.78, 5) is 2.42. The van der Waals surface area contributed by atoms with Gasteiger partial charge in [-0.2, -0.15) is 0 Å². The van der Waals surface area contributed by atoms with Crippen LogP contribution in [0.3, 0.4) is 0 Å². The number of likely N-dealkylation sites (tertiary alicyclic amines) is 1. The average molecular weight is 261 g/mol. The molecule has 2 rings (SSSR count). The molecule has 0 amide bonds. The Balaban J connectivity index is 2.13. The summed E-state index contributed by atoms with van der Waals surface area (Å²) in [7, 11) is 0. The third kappa shape index (κ3) is 3.56. The monoisotopic (exact) mass is 261 g/mol. The number of benzene rings is 1. The Morgan fingerprint density at radius 2 is 2.21 bits per heavy atom. The van der Waals surface area contributed by atoms with Gasteiger partial charge in [-0.25, -0.2) is 4.39 Å². The lowest BCUT2D eigenvalue weighted by atomic mass is 10.1. The molecule has 1 heterocycles. The first kappa shape index (κ1) is 14.0. The van der Waals surface area contributed by atoms with Gasteiger partial charge in [-0.1, -0.05) is 24.8 Å². The van der Waals surface area contributed by atoms with Crippen LogP contribution in [0.1, 0.15) is 31.4 Å². The molecule has 102 valence electrons. The van der Waals surface area contributed by atoms with E-state index in [0.717, 1.165) is 24.6 Å². The van der Waals surface area contributed by atoms with Crippen molar-refractivity contribution in [1.29, 1.82) is 0 Å². The number of hydrogen-bond acceptors (Lipinski definition) is 2. The van der Waals surface area contributed by atoms with Crippen LogP contribution in [0.2, 0.25) is 0 Å². The lowest BCUT2D eigenvalue weighted by Gasteiger charge is -2.21. The van der Waals surface area contributed by atoms with Crippen LogP contribution in [0, 0.1) is 23.6 Å². The van der Waals surface area contributed by atoms with Gasteiger partial charge >= 0.3 is 0 Å². The summed E-state index contributed by atoms with van der Waals surface area (Å²) >= 11 is 0. The van der Waals surface area contributed by atoms with Crippen LogP contribution in [0.25, 0.3) is 0 Å². The Bertz CT molecular complexity index is 503. The zero-order valence-corrected chi connectivity index (χ0v) is 11.5. The molecular formula is C16H20FNO. The highest BCUT2D eigenvalue weighted by Gasteiger charge is 2.25. The summed E-state index contributed by atoms with van der Waals surface area (Å²) in [6, 6.07) is 5.64. The van der Waals surface area contributed by atoms with Gasteiger partial charge in [0, 0.05) is 19.1 Å². The maximum absolute atomic E-state index is 13.5. The van der Waals surface area contributed by atoms with Crippen LogP contribution in [0.15, 0.2) is 18.2 Å². The fraction of sp³-hybridized carbons (Fsp3) is 0.500. The second-order valence-electron chi connectivity index (χ2n) is 5.39. The smallest absolute Gasteiger partial charge is 0.138 e. The molecule has 1 aliphatic rings. The highest BCUT2D eigenvalue weighted by Crippen LogP contribution is 2.24. The summed E-state index contributed by atoms with van der Waals surface area (Å²) in [5.41, 5.74) is 1.44. The van der Waals surface area contributed by atoms with Crippen molar-refractivity contribution < 1.29 is 9.50 Å². The van der Waals surface area contributed by atoms with Crippen molar-refractivity contribution >= 4 is 0 Å². The summed E-state index contributed by atoms with van der Waals surface area (Å²) in [6.07, 6.45) is 1.22. The lowest BCUT2D eigenvalue weighted by Crippen LogP contribution is -2.26. The van der Waals surface area contributed by atoms with Gasteiger partial charge in [0.15, 0.2) is 0 Å². The Morgan fingerprint density at radius 1 is 1.42 bits per heavy atom. The molecule has 19 heavy (non-hydrogen) atoms. The molecule has 1 saturated heterocycles. The predicted molar refractivity (Wildman–Crippen MR) is 74.0 cm³/mol. The van der Waals surface area contributed by atoms with E-state index in [2.05, 4.69) is 30.6 Å². The molecule has 0 aliphatic carbocycles. The van der Waals surface area contributed by atoms with Crippen LogP contribution in [0.4, 0.5) is 4.39 Å². The van der Waals surface area contributed by atoms with Crippen LogP contribution in [0.5, 0.6) is 0 Å². The average Bonchev–Trinajstić information content (AvgIpc) is 2.68. The maximum Gasteiger partial charge on any atom is 0.138 e. The lowest BCUT2D eigenvalue weighted by molar-refractivity contribution is 0.256. The van der Waals surface area contributed by atoms with Crippen molar-refractivity contribution in [2.75, 3.05) is 13.2 Å². The van der Waals surface area contributed by atoms with E-state index in [1.807, 2.05) is 6.07 Å². The van der Waals surface area contributed by atoms with Crippen molar-refractivity contribution in [2.24, 2.45) is 5.92 Å². The molecule has 1 aromatic rings. The van der Waals surface area contributed by atoms with Crippen LogP contribution < -0.4 is 0 Å². The van der Waals surface area contributed by atoms with Crippen molar-refractivity contribution in [1.82, 2.24) is 4.90 Å². The third-order valence-electron chi connectivity index (χ3n) is 3.63. The molecule has 0 spiro atoms. The number of aliphatic hydroxyl groups excluding tert-OH is 1. The van der Waals surface area contributed by atoms with E-state index in [1.165, 1.54) is 12.5 Å². The predicted octanol–water partition coefficient (Wildman–Crippen LogP) is 2.40. The largest absolute Gasteiger partial charge is 0.384 e. The quantitative estimate of drug-likeness (QED) is 0.826. The molecule has 0 aromatic heterocycles. The summed E-state index contributed by atoms with van der Waals surface area (Å²) < 4.78 is 13.5. The minimum Gasteiger partial charge on any atom is -0.384 e. The molecule has 0 radical (unpaired) electrons. The first-order valence-corrected chi connectivity index (χ1v) is 6.72. The van der Waals surface area contributed by atoms with Crippen molar-refractivity contribution in [2.45, 2.75) is 32.9 Å². The normalized spacial score (nSPS) is 23.2. The minimum absolute atomic E-state index is 0.246. The van der Waals surface area contributed by atoms with Gasteiger partial charge in [0.05, 0.1) is 5.56 Å². The van der Waals surface area contributed by atoms with Gasteiger partial charge in [0.2, 0.25) is 0 Å². The van der Waals surface area contributed by atoms with Crippen LogP contribution >= 0.6 is 0 Å². The Kier molecular flexibility index (Phi) is 4.57. The zero-order valence-electron chi connectivity index (χ0n) is 11.5. The molecule has 2 nitrogen and oxygen atoms in total. The van der Waals surface area contributed by atoms with Gasteiger partial charge in [-0.05, 0) is 37.0 Å². The van der Waals surface area contributed by atoms with E-state index >= 15 is 0 Å². The third-order valence-corrected chi connectivity index (χ3v) is 3.63. The van der Waals surface area contributed by atoms with Crippen molar-refractivity contribution in [3.05, 3.63) is 35.1 Å². The number of nitrogens with zero attached hydrogens (tertiary/aromatic N) is 1. The SMILES string of the molecule is CC1CC(C)N(Cc2ccc(F)c(C#CCO)c2)C1. The first-order chi connectivity index (χ1) is 9.10. The molecule has 3 heteroatoms. The Labute approximate surface area is 114 Å². The minimum atomic E-state index is -0.326. The summed E-state index contributed by atoms with van der Waals surface area (Å²) in [5, 5.41) is 8.68. The van der Waals surface area contributed by atoms with E-state index in [9.17, 15) is 4.39 Å². The number of aliphatic hydroxyl groups is 1. The second kappa shape index (κ2) is 6.18. The van der Waals surface area contributed by atoms with Gasteiger partial charge in [0.25, 0.3) is 0 Å². The van der Waals surface area contributed by atoms with Gasteiger partial charge < -0.3 is 5.11 Å². The van der Waals surface area contributed by atoms with Gasteiger partial charge in [-0.15, -0.1) is 0 Å². The molecule has 2 unspecified atom stereocenters. The fourth-order valence-electron chi connectivity index (χ4n) is 2.74. The molecule has 0 saturated carbocycles. The van der Waals surface area contributed by atoms with Gasteiger partial charge in [-0.3, -0.25) is 4.90 Å². The molecule has 0 bridgehead atoms. The van der Waals surface area contributed by atoms with Crippen LogP contribution in [-0.2, 0) is 6.54 Å². The maximum atomic E-state index is 13.5. The Morgan fingerprint density at radius 3 is 2.84 bits per heavy atom. The van der Waals surface area contributed by atoms with E-state index in [1.54, 1.807) is 6.07 Å². The number of rotatable bonds is 2. The van der Waals surface area contributed by atoms with E-state index in [0.29, 0.717) is 11.6 Å². The van der Waals surface area contributed by atoms with Crippen molar-refractivity contribution in [3.8, 4) is 11.8 Å². The fourth-order valence-corrected chi connectivity index (χ4v) is 2.74. The molecule has 1 aromatic carbocycles. The molecule has 2 atom stereocenters. The first-order valence-electron chi connectivity index (χ1n) is 6.72. The molecule has 1 N–H and O–H groups in total. The standard InChI is InChI=1S/C16H20FNO/c1-12-8-13(2)18(10-12)11-14-5-6-16(17)15(9-14)4-3-7-19/h5-6,9,12-13,19H,7-8,10-11H2,1-2H3. The van der Waals surface area contributed by atoms with Crippen LogP contribution in [-0.4, -0.2) is 29.2 Å². The molecule has 1 fully saturated rings. The number of hydrogen-bond donors (Lipinski definition) is 1. The summed E-state index contributed by atoms with van der Waals surface area (Å²) in [5.74, 6) is 5.55. The van der Waals surface area contributed by atoms with E-state index in [4.69, 9.17) is 5.11 Å². The highest BCUT2D eigenvalue weighted by atomic mass is 19.1. The second-order valence-corrected chi connectivity index (χ2v) is 5.39. The molecular weight excluding hydrogens is 241 g/mol. The zero-order chi connectivity index (χ0) is 13.8.